The van der Waals surface area contributed by atoms with Crippen LogP contribution in [0.4, 0.5) is 0 Å². The Morgan fingerprint density at radius 1 is 1.48 bits per heavy atom. The number of ketones is 1. The zero-order chi connectivity index (χ0) is 15.2. The molecule has 116 valence electrons. The van der Waals surface area contributed by atoms with E-state index in [1.165, 1.54) is 0 Å². The van der Waals surface area contributed by atoms with E-state index in [2.05, 4.69) is 11.8 Å². The maximum atomic E-state index is 11.6. The second-order valence-electron chi connectivity index (χ2n) is 5.58. The van der Waals surface area contributed by atoms with Crippen molar-refractivity contribution in [3.05, 3.63) is 29.3 Å². The summed E-state index contributed by atoms with van der Waals surface area (Å²) in [5.74, 6) is 0.965. The molecule has 0 radical (unpaired) electrons. The highest BCUT2D eigenvalue weighted by Crippen LogP contribution is 2.23. The fourth-order valence-electron chi connectivity index (χ4n) is 2.68. The van der Waals surface area contributed by atoms with E-state index >= 15 is 0 Å². The van der Waals surface area contributed by atoms with Crippen LogP contribution in [0.5, 0.6) is 5.75 Å². The monoisotopic (exact) mass is 291 g/mol. The van der Waals surface area contributed by atoms with Crippen LogP contribution in [-0.4, -0.2) is 43.1 Å². The van der Waals surface area contributed by atoms with Crippen molar-refractivity contribution in [3.8, 4) is 5.75 Å². The third kappa shape index (κ3) is 4.55. The molecule has 0 N–H and O–H groups in total. The standard InChI is InChI=1S/C17H25NO3/c1-4-20-17-7-6-15(14(3)19)10-16(17)12-18-8-5-9-21-13(2)11-18/h6-7,10,13H,4-5,8-9,11-12H2,1-3H3. The Hall–Kier alpha value is -1.39. The van der Waals surface area contributed by atoms with E-state index < -0.39 is 0 Å². The lowest BCUT2D eigenvalue weighted by atomic mass is 10.1. The Morgan fingerprint density at radius 3 is 3.00 bits per heavy atom. The smallest absolute Gasteiger partial charge is 0.159 e. The number of Topliss-reactive ketones (excluding diaryl/α,β-unsaturated/α-hetero) is 1. The van der Waals surface area contributed by atoms with Crippen LogP contribution in [0, 0.1) is 0 Å². The minimum Gasteiger partial charge on any atom is -0.494 e. The SMILES string of the molecule is CCOc1ccc(C(C)=O)cc1CN1CCCOC(C)C1. The van der Waals surface area contributed by atoms with Gasteiger partial charge < -0.3 is 9.47 Å². The first kappa shape index (κ1) is 16.0. The first-order valence-electron chi connectivity index (χ1n) is 7.70. The van der Waals surface area contributed by atoms with Crippen molar-refractivity contribution in [1.29, 1.82) is 0 Å². The van der Waals surface area contributed by atoms with Crippen molar-refractivity contribution in [1.82, 2.24) is 4.90 Å². The summed E-state index contributed by atoms with van der Waals surface area (Å²) in [6.07, 6.45) is 1.29. The predicted molar refractivity (Wildman–Crippen MR) is 82.9 cm³/mol. The van der Waals surface area contributed by atoms with Crippen LogP contribution in [0.3, 0.4) is 0 Å². The second kappa shape index (κ2) is 7.57. The van der Waals surface area contributed by atoms with Gasteiger partial charge in [-0.2, -0.15) is 0 Å². The average Bonchev–Trinajstić information content (AvgIpc) is 2.65. The molecule has 1 aliphatic heterocycles. The van der Waals surface area contributed by atoms with Gasteiger partial charge in [-0.1, -0.05) is 0 Å². The molecule has 2 rings (SSSR count). The maximum Gasteiger partial charge on any atom is 0.159 e. The van der Waals surface area contributed by atoms with Crippen molar-refractivity contribution >= 4 is 5.78 Å². The Balaban J connectivity index is 2.18. The molecular weight excluding hydrogens is 266 g/mol. The second-order valence-corrected chi connectivity index (χ2v) is 5.58. The lowest BCUT2D eigenvalue weighted by Gasteiger charge is -2.23. The molecule has 0 aromatic heterocycles. The molecule has 4 heteroatoms. The highest BCUT2D eigenvalue weighted by Gasteiger charge is 2.17. The van der Waals surface area contributed by atoms with E-state index in [1.54, 1.807) is 6.92 Å². The summed E-state index contributed by atoms with van der Waals surface area (Å²) in [6, 6.07) is 5.71. The summed E-state index contributed by atoms with van der Waals surface area (Å²) in [5.41, 5.74) is 1.83. The number of rotatable bonds is 5. The number of carbonyl (C=O) groups excluding carboxylic acids is 1. The molecule has 4 nitrogen and oxygen atoms in total. The molecule has 0 bridgehead atoms. The first-order valence-corrected chi connectivity index (χ1v) is 7.70. The third-order valence-corrected chi connectivity index (χ3v) is 3.70. The minimum absolute atomic E-state index is 0.0897. The molecule has 1 aliphatic rings. The Labute approximate surface area is 127 Å². The summed E-state index contributed by atoms with van der Waals surface area (Å²) >= 11 is 0. The number of hydrogen-bond acceptors (Lipinski definition) is 4. The fraction of sp³-hybridized carbons (Fsp3) is 0.588. The molecule has 1 saturated heterocycles. The molecule has 0 aliphatic carbocycles. The molecule has 0 spiro atoms. The summed E-state index contributed by atoms with van der Waals surface area (Å²) < 4.78 is 11.4. The first-order chi connectivity index (χ1) is 10.1. The van der Waals surface area contributed by atoms with Gasteiger partial charge in [0, 0.05) is 37.4 Å². The van der Waals surface area contributed by atoms with Gasteiger partial charge in [-0.15, -0.1) is 0 Å². The zero-order valence-electron chi connectivity index (χ0n) is 13.2. The van der Waals surface area contributed by atoms with E-state index in [4.69, 9.17) is 9.47 Å². The van der Waals surface area contributed by atoms with Gasteiger partial charge in [-0.05, 0) is 45.4 Å². The average molecular weight is 291 g/mol. The summed E-state index contributed by atoms with van der Waals surface area (Å²) in [4.78, 5) is 14.0. The van der Waals surface area contributed by atoms with Crippen LogP contribution < -0.4 is 4.74 Å². The topological polar surface area (TPSA) is 38.8 Å². The Kier molecular flexibility index (Phi) is 5.76. The van der Waals surface area contributed by atoms with Crippen LogP contribution in [0.2, 0.25) is 0 Å². The third-order valence-electron chi connectivity index (χ3n) is 3.70. The lowest BCUT2D eigenvalue weighted by Crippen LogP contribution is -2.30. The van der Waals surface area contributed by atoms with Crippen LogP contribution in [0.1, 0.15) is 43.1 Å². The summed E-state index contributed by atoms with van der Waals surface area (Å²) in [6.45, 7) is 9.86. The number of carbonyl (C=O) groups is 1. The van der Waals surface area contributed by atoms with E-state index in [1.807, 2.05) is 25.1 Å². The van der Waals surface area contributed by atoms with Crippen LogP contribution in [0.15, 0.2) is 18.2 Å². The van der Waals surface area contributed by atoms with Crippen LogP contribution >= 0.6 is 0 Å². The van der Waals surface area contributed by atoms with Gasteiger partial charge in [0.2, 0.25) is 0 Å². The lowest BCUT2D eigenvalue weighted by molar-refractivity contribution is 0.0666. The highest BCUT2D eigenvalue weighted by molar-refractivity contribution is 5.94. The van der Waals surface area contributed by atoms with Crippen molar-refractivity contribution in [2.75, 3.05) is 26.3 Å². The number of hydrogen-bond donors (Lipinski definition) is 0. The van der Waals surface area contributed by atoms with E-state index in [0.29, 0.717) is 6.61 Å². The van der Waals surface area contributed by atoms with Crippen molar-refractivity contribution in [2.24, 2.45) is 0 Å². The van der Waals surface area contributed by atoms with Crippen molar-refractivity contribution in [2.45, 2.75) is 39.8 Å². The molecule has 1 aromatic rings. The van der Waals surface area contributed by atoms with Gasteiger partial charge in [0.1, 0.15) is 5.75 Å². The number of benzene rings is 1. The normalized spacial score (nSPS) is 20.0. The quantitative estimate of drug-likeness (QED) is 0.782. The Bertz CT molecular complexity index is 487. The van der Waals surface area contributed by atoms with Crippen LogP contribution in [0.25, 0.3) is 0 Å². The molecule has 0 saturated carbocycles. The van der Waals surface area contributed by atoms with Crippen molar-refractivity contribution < 1.29 is 14.3 Å². The van der Waals surface area contributed by atoms with Gasteiger partial charge in [0.25, 0.3) is 0 Å². The van der Waals surface area contributed by atoms with Crippen LogP contribution in [-0.2, 0) is 11.3 Å². The molecule has 1 fully saturated rings. The van der Waals surface area contributed by atoms with Gasteiger partial charge >= 0.3 is 0 Å². The minimum atomic E-state index is 0.0897. The maximum absolute atomic E-state index is 11.6. The van der Waals surface area contributed by atoms with Gasteiger partial charge in [-0.25, -0.2) is 0 Å². The molecule has 21 heavy (non-hydrogen) atoms. The van der Waals surface area contributed by atoms with E-state index in [-0.39, 0.29) is 11.9 Å². The van der Waals surface area contributed by atoms with Gasteiger partial charge in [0.05, 0.1) is 12.7 Å². The number of nitrogens with zero attached hydrogens (tertiary/aromatic N) is 1. The largest absolute Gasteiger partial charge is 0.494 e. The van der Waals surface area contributed by atoms with E-state index in [9.17, 15) is 4.79 Å². The van der Waals surface area contributed by atoms with Crippen molar-refractivity contribution in [3.63, 3.8) is 0 Å². The molecular formula is C17H25NO3. The zero-order valence-corrected chi connectivity index (χ0v) is 13.2. The number of ether oxygens (including phenoxy) is 2. The van der Waals surface area contributed by atoms with E-state index in [0.717, 1.165) is 49.5 Å². The molecule has 1 unspecified atom stereocenters. The summed E-state index contributed by atoms with van der Waals surface area (Å²) in [7, 11) is 0. The highest BCUT2D eigenvalue weighted by atomic mass is 16.5. The predicted octanol–water partition coefficient (Wildman–Crippen LogP) is 2.90. The van der Waals surface area contributed by atoms with Gasteiger partial charge in [-0.3, -0.25) is 9.69 Å². The summed E-state index contributed by atoms with van der Waals surface area (Å²) in [5, 5.41) is 0. The van der Waals surface area contributed by atoms with Gasteiger partial charge in [0.15, 0.2) is 5.78 Å². The molecule has 1 atom stereocenters. The molecule has 1 aromatic carbocycles. The fourth-order valence-corrected chi connectivity index (χ4v) is 2.68. The molecule has 0 amide bonds. The Morgan fingerprint density at radius 2 is 2.29 bits per heavy atom. The molecule has 1 heterocycles.